The third-order valence-electron chi connectivity index (χ3n) is 4.00. The van der Waals surface area contributed by atoms with Gasteiger partial charge in [-0.15, -0.1) is 0 Å². The fourth-order valence-corrected chi connectivity index (χ4v) is 2.66. The van der Waals surface area contributed by atoms with Gasteiger partial charge in [-0.2, -0.15) is 0 Å². The van der Waals surface area contributed by atoms with Crippen molar-refractivity contribution >= 4 is 11.0 Å². The van der Waals surface area contributed by atoms with Crippen LogP contribution in [0.3, 0.4) is 0 Å². The van der Waals surface area contributed by atoms with Gasteiger partial charge >= 0.3 is 5.69 Å². The molecule has 0 atom stereocenters. The maximum Gasteiger partial charge on any atom is 0.329 e. The number of methoxy groups -OCH3 is 1. The molecule has 0 saturated carbocycles. The Bertz CT molecular complexity index is 1190. The van der Waals surface area contributed by atoms with Crippen LogP contribution >= 0.6 is 0 Å². The van der Waals surface area contributed by atoms with E-state index in [2.05, 4.69) is 15.1 Å². The molecule has 0 unspecified atom stereocenters. The van der Waals surface area contributed by atoms with E-state index in [1.807, 2.05) is 24.3 Å². The van der Waals surface area contributed by atoms with Crippen LogP contribution in [0.4, 0.5) is 0 Å². The first-order chi connectivity index (χ1) is 12.7. The second-order valence-corrected chi connectivity index (χ2v) is 5.63. The van der Waals surface area contributed by atoms with Gasteiger partial charge in [-0.05, 0) is 36.4 Å². The summed E-state index contributed by atoms with van der Waals surface area (Å²) in [5, 5.41) is 4.00. The van der Waals surface area contributed by atoms with Gasteiger partial charge in [-0.1, -0.05) is 5.16 Å². The van der Waals surface area contributed by atoms with Gasteiger partial charge in [0, 0.05) is 17.8 Å². The predicted octanol–water partition coefficient (Wildman–Crippen LogP) is 1.80. The number of aromatic amines is 1. The van der Waals surface area contributed by atoms with E-state index in [1.54, 1.807) is 25.3 Å². The van der Waals surface area contributed by atoms with Gasteiger partial charge in [0.25, 0.3) is 5.56 Å². The van der Waals surface area contributed by atoms with Gasteiger partial charge in [0.1, 0.15) is 11.4 Å². The monoisotopic (exact) mass is 350 g/mol. The Kier molecular flexibility index (Phi) is 3.85. The smallest absolute Gasteiger partial charge is 0.329 e. The molecule has 130 valence electrons. The second kappa shape index (κ2) is 6.32. The maximum atomic E-state index is 12.5. The molecule has 0 saturated heterocycles. The first-order valence-corrected chi connectivity index (χ1v) is 7.83. The molecule has 8 heteroatoms. The van der Waals surface area contributed by atoms with Crippen molar-refractivity contribution in [1.82, 2.24) is 19.7 Å². The van der Waals surface area contributed by atoms with Crippen molar-refractivity contribution in [3.05, 3.63) is 75.3 Å². The molecule has 0 aliphatic carbocycles. The fourth-order valence-electron chi connectivity index (χ4n) is 2.66. The van der Waals surface area contributed by atoms with Crippen LogP contribution in [0.5, 0.6) is 5.75 Å². The molecule has 0 aliphatic rings. The number of benzene rings is 1. The summed E-state index contributed by atoms with van der Waals surface area (Å²) in [5.74, 6) is 1.12. The van der Waals surface area contributed by atoms with Crippen LogP contribution in [0.1, 0.15) is 5.76 Å². The predicted molar refractivity (Wildman–Crippen MR) is 94.2 cm³/mol. The summed E-state index contributed by atoms with van der Waals surface area (Å²) in [6, 6.07) is 12.3. The van der Waals surface area contributed by atoms with Gasteiger partial charge in [0.2, 0.25) is 0 Å². The lowest BCUT2D eigenvalue weighted by atomic mass is 10.1. The third kappa shape index (κ3) is 2.77. The Labute approximate surface area is 146 Å². The summed E-state index contributed by atoms with van der Waals surface area (Å²) in [5.41, 5.74) is 1.02. The van der Waals surface area contributed by atoms with E-state index >= 15 is 0 Å². The molecule has 4 aromatic rings. The van der Waals surface area contributed by atoms with Gasteiger partial charge in [0.15, 0.2) is 11.3 Å². The van der Waals surface area contributed by atoms with E-state index in [1.165, 1.54) is 6.20 Å². The van der Waals surface area contributed by atoms with Crippen molar-refractivity contribution in [2.24, 2.45) is 0 Å². The summed E-state index contributed by atoms with van der Waals surface area (Å²) in [6.45, 7) is -0.0379. The first kappa shape index (κ1) is 15.8. The number of aromatic nitrogens is 4. The Morgan fingerprint density at radius 1 is 1.19 bits per heavy atom. The minimum atomic E-state index is -0.530. The summed E-state index contributed by atoms with van der Waals surface area (Å²) < 4.78 is 11.4. The van der Waals surface area contributed by atoms with E-state index in [4.69, 9.17) is 9.26 Å². The zero-order chi connectivity index (χ0) is 18.1. The number of hydrogen-bond acceptors (Lipinski definition) is 6. The highest BCUT2D eigenvalue weighted by molar-refractivity contribution is 5.71. The van der Waals surface area contributed by atoms with Crippen molar-refractivity contribution in [3.8, 4) is 17.0 Å². The minimum Gasteiger partial charge on any atom is -0.497 e. The summed E-state index contributed by atoms with van der Waals surface area (Å²) in [7, 11) is 1.59. The molecule has 0 aliphatic heterocycles. The third-order valence-corrected chi connectivity index (χ3v) is 4.00. The lowest BCUT2D eigenvalue weighted by Gasteiger charge is -2.03. The van der Waals surface area contributed by atoms with Crippen molar-refractivity contribution in [2.45, 2.75) is 6.54 Å². The number of pyridine rings is 1. The summed E-state index contributed by atoms with van der Waals surface area (Å²) in [6.07, 6.45) is 1.50. The number of nitrogens with zero attached hydrogens (tertiary/aromatic N) is 3. The van der Waals surface area contributed by atoms with Gasteiger partial charge in [-0.25, -0.2) is 9.78 Å². The average molecular weight is 350 g/mol. The first-order valence-electron chi connectivity index (χ1n) is 7.83. The normalized spacial score (nSPS) is 11.0. The Hall–Kier alpha value is -3.68. The van der Waals surface area contributed by atoms with Gasteiger partial charge in [0.05, 0.1) is 19.2 Å². The van der Waals surface area contributed by atoms with Crippen molar-refractivity contribution in [2.75, 3.05) is 7.11 Å². The molecule has 0 spiro atoms. The van der Waals surface area contributed by atoms with Crippen molar-refractivity contribution in [3.63, 3.8) is 0 Å². The van der Waals surface area contributed by atoms with Crippen LogP contribution in [0.15, 0.2) is 62.8 Å². The van der Waals surface area contributed by atoms with Crippen LogP contribution in [-0.2, 0) is 6.54 Å². The molecule has 4 rings (SSSR count). The van der Waals surface area contributed by atoms with E-state index in [9.17, 15) is 9.59 Å². The van der Waals surface area contributed by atoms with Crippen molar-refractivity contribution < 1.29 is 9.26 Å². The second-order valence-electron chi connectivity index (χ2n) is 5.63. The molecule has 3 aromatic heterocycles. The summed E-state index contributed by atoms with van der Waals surface area (Å²) in [4.78, 5) is 31.4. The minimum absolute atomic E-state index is 0.0379. The van der Waals surface area contributed by atoms with Crippen LogP contribution in [-0.4, -0.2) is 26.8 Å². The molecule has 0 amide bonds. The van der Waals surface area contributed by atoms with E-state index in [0.717, 1.165) is 15.9 Å². The van der Waals surface area contributed by atoms with Crippen LogP contribution in [0, 0.1) is 0 Å². The average Bonchev–Trinajstić information content (AvgIpc) is 3.14. The SMILES string of the molecule is COc1ccc(-c2cc(Cn3c(=O)[nH]c4cccnc4c3=O)on2)cc1. The molecule has 3 heterocycles. The molecule has 26 heavy (non-hydrogen) atoms. The zero-order valence-electron chi connectivity index (χ0n) is 13.8. The lowest BCUT2D eigenvalue weighted by Crippen LogP contribution is -2.35. The molecule has 0 fully saturated rings. The van der Waals surface area contributed by atoms with E-state index in [0.29, 0.717) is 17.0 Å². The summed E-state index contributed by atoms with van der Waals surface area (Å²) >= 11 is 0. The van der Waals surface area contributed by atoms with Gasteiger partial charge in [-0.3, -0.25) is 9.36 Å². The highest BCUT2D eigenvalue weighted by atomic mass is 16.5. The standard InChI is InChI=1S/C18H14N4O4/c1-25-12-6-4-11(5-7-12)15-9-13(26-21-15)10-22-17(23)16-14(20-18(22)24)3-2-8-19-16/h2-9H,10H2,1H3,(H,20,24). The van der Waals surface area contributed by atoms with E-state index in [-0.39, 0.29) is 12.1 Å². The molecule has 0 bridgehead atoms. The fraction of sp³-hybridized carbons (Fsp3) is 0.111. The number of nitrogens with one attached hydrogen (secondary N) is 1. The number of fused-ring (bicyclic) bond motifs is 1. The van der Waals surface area contributed by atoms with Crippen LogP contribution in [0.2, 0.25) is 0 Å². The highest BCUT2D eigenvalue weighted by Gasteiger charge is 2.12. The molecule has 1 N–H and O–H groups in total. The number of hydrogen-bond donors (Lipinski definition) is 1. The Balaban J connectivity index is 1.68. The molecule has 0 radical (unpaired) electrons. The highest BCUT2D eigenvalue weighted by Crippen LogP contribution is 2.22. The number of rotatable bonds is 4. The van der Waals surface area contributed by atoms with Crippen LogP contribution in [0.25, 0.3) is 22.3 Å². The molecular weight excluding hydrogens is 336 g/mol. The number of ether oxygens (including phenoxy) is 1. The lowest BCUT2D eigenvalue weighted by molar-refractivity contribution is 0.375. The van der Waals surface area contributed by atoms with Crippen molar-refractivity contribution in [1.29, 1.82) is 0 Å². The zero-order valence-corrected chi connectivity index (χ0v) is 13.8. The Morgan fingerprint density at radius 3 is 2.77 bits per heavy atom. The number of H-pyrrole nitrogens is 1. The molecule has 1 aromatic carbocycles. The van der Waals surface area contributed by atoms with Gasteiger partial charge < -0.3 is 14.2 Å². The largest absolute Gasteiger partial charge is 0.497 e. The molecule has 8 nitrogen and oxygen atoms in total. The topological polar surface area (TPSA) is 103 Å². The van der Waals surface area contributed by atoms with E-state index < -0.39 is 11.2 Å². The maximum absolute atomic E-state index is 12.5. The quantitative estimate of drug-likeness (QED) is 0.602. The van der Waals surface area contributed by atoms with Crippen LogP contribution < -0.4 is 16.0 Å². The Morgan fingerprint density at radius 2 is 2.00 bits per heavy atom. The molecular formula is C18H14N4O4.